The van der Waals surface area contributed by atoms with Gasteiger partial charge in [-0.2, -0.15) is 0 Å². The zero-order chi connectivity index (χ0) is 22.9. The molecule has 3 aromatic carbocycles. The summed E-state index contributed by atoms with van der Waals surface area (Å²) in [4.78, 5) is 40.7. The molecule has 3 amide bonds. The van der Waals surface area contributed by atoms with E-state index >= 15 is 0 Å². The molecule has 0 unspecified atom stereocenters. The number of amides is 3. The van der Waals surface area contributed by atoms with E-state index < -0.39 is 0 Å². The maximum Gasteiger partial charge on any atom is 0.261 e. The molecule has 0 aliphatic carbocycles. The van der Waals surface area contributed by atoms with Gasteiger partial charge in [0, 0.05) is 25.2 Å². The number of ether oxygens (including phenoxy) is 1. The summed E-state index contributed by atoms with van der Waals surface area (Å²) in [5.74, 6) is -0.353. The first-order chi connectivity index (χ1) is 16.0. The zero-order valence-corrected chi connectivity index (χ0v) is 17.8. The summed E-state index contributed by atoms with van der Waals surface area (Å²) in [5, 5.41) is 0. The molecule has 0 radical (unpaired) electrons. The number of carbonyl (C=O) groups is 3. The van der Waals surface area contributed by atoms with Crippen molar-refractivity contribution in [3.05, 3.63) is 100 Å². The van der Waals surface area contributed by atoms with Crippen LogP contribution in [-0.2, 0) is 13.2 Å². The minimum Gasteiger partial charge on any atom is -0.489 e. The fourth-order valence-electron chi connectivity index (χ4n) is 4.28. The monoisotopic (exact) mass is 444 g/mol. The van der Waals surface area contributed by atoms with E-state index in [0.717, 1.165) is 11.1 Å². The molecule has 33 heavy (non-hydrogen) atoms. The van der Waals surface area contributed by atoms with Gasteiger partial charge >= 0.3 is 0 Å². The Morgan fingerprint density at radius 3 is 2.27 bits per heavy atom. The minimum atomic E-state index is -0.312. The fourth-order valence-corrected chi connectivity index (χ4v) is 4.28. The first-order valence-electron chi connectivity index (χ1n) is 10.8. The third-order valence-corrected chi connectivity index (χ3v) is 5.94. The molecule has 0 saturated heterocycles. The number of benzene rings is 3. The lowest BCUT2D eigenvalue weighted by atomic mass is 10.1. The summed E-state index contributed by atoms with van der Waals surface area (Å²) in [5.41, 5.74) is 3.06. The van der Waals surface area contributed by atoms with Crippen LogP contribution in [0.15, 0.2) is 66.7 Å². The molecule has 0 spiro atoms. The van der Waals surface area contributed by atoms with Crippen LogP contribution >= 0.6 is 0 Å². The SMILES string of the molecule is O=C1c2ccc(OCc3cccc(F)c3)cc2CN1CCCN1C(=O)c2ccccc2C1=O. The van der Waals surface area contributed by atoms with E-state index in [9.17, 15) is 18.8 Å². The zero-order valence-electron chi connectivity index (χ0n) is 17.8. The van der Waals surface area contributed by atoms with Crippen LogP contribution in [0.25, 0.3) is 0 Å². The Hall–Kier alpha value is -4.00. The standard InChI is InChI=1S/C26H21FN2O4/c27-19-6-3-5-17(13-19)16-33-20-9-10-21-18(14-20)15-28(24(21)30)11-4-12-29-25(31)22-7-1-2-8-23(22)26(29)32/h1-3,5-10,13-14H,4,11-12,15-16H2. The van der Waals surface area contributed by atoms with Gasteiger partial charge in [0.15, 0.2) is 0 Å². The molecular weight excluding hydrogens is 423 g/mol. The predicted molar refractivity (Wildman–Crippen MR) is 118 cm³/mol. The van der Waals surface area contributed by atoms with Gasteiger partial charge < -0.3 is 9.64 Å². The molecule has 0 N–H and O–H groups in total. The minimum absolute atomic E-state index is 0.0796. The molecule has 0 atom stereocenters. The maximum atomic E-state index is 13.3. The summed E-state index contributed by atoms with van der Waals surface area (Å²) in [7, 11) is 0. The Balaban J connectivity index is 1.17. The second-order valence-electron chi connectivity index (χ2n) is 8.13. The van der Waals surface area contributed by atoms with Crippen molar-refractivity contribution in [3.8, 4) is 5.75 Å². The van der Waals surface area contributed by atoms with Gasteiger partial charge in [-0.25, -0.2) is 4.39 Å². The van der Waals surface area contributed by atoms with Gasteiger partial charge in [0.25, 0.3) is 17.7 Å². The van der Waals surface area contributed by atoms with Crippen LogP contribution in [0.2, 0.25) is 0 Å². The average Bonchev–Trinajstić information content (AvgIpc) is 3.26. The molecule has 5 rings (SSSR count). The van der Waals surface area contributed by atoms with Crippen LogP contribution in [0, 0.1) is 5.82 Å². The van der Waals surface area contributed by atoms with E-state index in [1.54, 1.807) is 53.4 Å². The van der Waals surface area contributed by atoms with Crippen LogP contribution in [-0.4, -0.2) is 40.6 Å². The summed E-state index contributed by atoms with van der Waals surface area (Å²) >= 11 is 0. The van der Waals surface area contributed by atoms with Crippen molar-refractivity contribution in [2.24, 2.45) is 0 Å². The molecule has 7 heteroatoms. The maximum absolute atomic E-state index is 13.3. The van der Waals surface area contributed by atoms with Gasteiger partial charge in [-0.3, -0.25) is 19.3 Å². The van der Waals surface area contributed by atoms with Gasteiger partial charge in [-0.15, -0.1) is 0 Å². The number of halogens is 1. The highest BCUT2D eigenvalue weighted by molar-refractivity contribution is 6.21. The van der Waals surface area contributed by atoms with Crippen LogP contribution in [0.1, 0.15) is 48.6 Å². The van der Waals surface area contributed by atoms with Gasteiger partial charge in [-0.1, -0.05) is 24.3 Å². The molecule has 2 heterocycles. The van der Waals surface area contributed by atoms with E-state index in [0.29, 0.717) is 42.0 Å². The normalized spacial score (nSPS) is 14.6. The molecule has 3 aromatic rings. The van der Waals surface area contributed by atoms with Crippen molar-refractivity contribution in [2.45, 2.75) is 19.6 Å². The number of rotatable bonds is 7. The Morgan fingerprint density at radius 2 is 1.55 bits per heavy atom. The smallest absolute Gasteiger partial charge is 0.261 e. The largest absolute Gasteiger partial charge is 0.489 e. The number of hydrogen-bond acceptors (Lipinski definition) is 4. The highest BCUT2D eigenvalue weighted by Gasteiger charge is 2.35. The molecule has 6 nitrogen and oxygen atoms in total. The third-order valence-electron chi connectivity index (χ3n) is 5.94. The van der Waals surface area contributed by atoms with Gasteiger partial charge in [0.2, 0.25) is 0 Å². The first-order valence-corrected chi connectivity index (χ1v) is 10.8. The Bertz CT molecular complexity index is 1240. The highest BCUT2D eigenvalue weighted by atomic mass is 19.1. The summed E-state index contributed by atoms with van der Waals surface area (Å²) in [6.07, 6.45) is 0.494. The highest BCUT2D eigenvalue weighted by Crippen LogP contribution is 2.28. The molecular formula is C26H21FN2O4. The van der Waals surface area contributed by atoms with E-state index in [4.69, 9.17) is 4.74 Å². The van der Waals surface area contributed by atoms with E-state index in [-0.39, 0.29) is 36.7 Å². The first kappa shape index (κ1) is 20.9. The van der Waals surface area contributed by atoms with Crippen molar-refractivity contribution in [1.29, 1.82) is 0 Å². The molecule has 0 saturated carbocycles. The number of hydrogen-bond donors (Lipinski definition) is 0. The molecule has 166 valence electrons. The van der Waals surface area contributed by atoms with E-state index in [1.165, 1.54) is 17.0 Å². The number of nitrogens with zero attached hydrogens (tertiary/aromatic N) is 2. The lowest BCUT2D eigenvalue weighted by Gasteiger charge is -2.18. The van der Waals surface area contributed by atoms with E-state index in [2.05, 4.69) is 0 Å². The molecule has 0 bridgehead atoms. The summed E-state index contributed by atoms with van der Waals surface area (Å²) < 4.78 is 19.1. The number of carbonyl (C=O) groups excluding carboxylic acids is 3. The topological polar surface area (TPSA) is 66.9 Å². The molecule has 0 fully saturated rings. The Kier molecular flexibility index (Phi) is 5.38. The Labute approximate surface area is 190 Å². The van der Waals surface area contributed by atoms with Gasteiger partial charge in [-0.05, 0) is 60.0 Å². The summed E-state index contributed by atoms with van der Waals surface area (Å²) in [6.45, 7) is 1.36. The van der Waals surface area contributed by atoms with Gasteiger partial charge in [0.05, 0.1) is 11.1 Å². The van der Waals surface area contributed by atoms with Crippen molar-refractivity contribution in [3.63, 3.8) is 0 Å². The van der Waals surface area contributed by atoms with Crippen LogP contribution in [0.3, 0.4) is 0 Å². The van der Waals surface area contributed by atoms with E-state index in [1.807, 2.05) is 6.07 Å². The van der Waals surface area contributed by atoms with Crippen molar-refractivity contribution >= 4 is 17.7 Å². The van der Waals surface area contributed by atoms with Crippen molar-refractivity contribution in [1.82, 2.24) is 9.80 Å². The lowest BCUT2D eigenvalue weighted by molar-refractivity contribution is 0.0644. The van der Waals surface area contributed by atoms with Crippen LogP contribution in [0.5, 0.6) is 5.75 Å². The van der Waals surface area contributed by atoms with Gasteiger partial charge in [0.1, 0.15) is 18.2 Å². The molecule has 2 aliphatic heterocycles. The van der Waals surface area contributed by atoms with Crippen LogP contribution in [0.4, 0.5) is 4.39 Å². The number of imide groups is 1. The third kappa shape index (κ3) is 3.98. The second kappa shape index (κ2) is 8.50. The van der Waals surface area contributed by atoms with Crippen molar-refractivity contribution in [2.75, 3.05) is 13.1 Å². The lowest BCUT2D eigenvalue weighted by Crippen LogP contribution is -2.33. The predicted octanol–water partition coefficient (Wildman–Crippen LogP) is 4.05. The van der Waals surface area contributed by atoms with Crippen LogP contribution < -0.4 is 4.74 Å². The number of fused-ring (bicyclic) bond motifs is 2. The Morgan fingerprint density at radius 1 is 0.788 bits per heavy atom. The quantitative estimate of drug-likeness (QED) is 0.516. The molecule has 0 aromatic heterocycles. The fraction of sp³-hybridized carbons (Fsp3) is 0.192. The average molecular weight is 444 g/mol. The summed E-state index contributed by atoms with van der Waals surface area (Å²) in [6, 6.07) is 18.3. The van der Waals surface area contributed by atoms with Crippen molar-refractivity contribution < 1.29 is 23.5 Å². The second-order valence-corrected chi connectivity index (χ2v) is 8.13. The molecule has 2 aliphatic rings.